The fourth-order valence-electron chi connectivity index (χ4n) is 2.45. The first-order chi connectivity index (χ1) is 12.9. The van der Waals surface area contributed by atoms with E-state index in [4.69, 9.17) is 5.26 Å². The molecule has 0 saturated heterocycles. The lowest BCUT2D eigenvalue weighted by Crippen LogP contribution is -2.13. The second-order valence-corrected chi connectivity index (χ2v) is 7.59. The minimum Gasteiger partial charge on any atom is -0.355 e. The summed E-state index contributed by atoms with van der Waals surface area (Å²) >= 11 is 0. The number of anilines is 3. The van der Waals surface area contributed by atoms with Crippen LogP contribution in [0, 0.1) is 24.1 Å². The summed E-state index contributed by atoms with van der Waals surface area (Å²) in [5.74, 6) is -0.454. The number of hydrogen-bond acceptors (Lipinski definition) is 4. The molecule has 3 rings (SSSR count). The number of hydrogen-bond donors (Lipinski definition) is 2. The van der Waals surface area contributed by atoms with Gasteiger partial charge in [0.2, 0.25) is 0 Å². The summed E-state index contributed by atoms with van der Waals surface area (Å²) in [6.07, 6.45) is 0. The molecular formula is C20H16FN3O2S. The van der Waals surface area contributed by atoms with Crippen LogP contribution in [0.2, 0.25) is 0 Å². The zero-order chi connectivity index (χ0) is 19.4. The van der Waals surface area contributed by atoms with Crippen molar-refractivity contribution in [2.45, 2.75) is 11.8 Å². The topological polar surface area (TPSA) is 82.0 Å². The van der Waals surface area contributed by atoms with Crippen LogP contribution >= 0.6 is 0 Å². The quantitative estimate of drug-likeness (QED) is 0.679. The highest BCUT2D eigenvalue weighted by atomic mass is 32.2. The predicted molar refractivity (Wildman–Crippen MR) is 103 cm³/mol. The Morgan fingerprint density at radius 1 is 0.926 bits per heavy atom. The van der Waals surface area contributed by atoms with Gasteiger partial charge >= 0.3 is 0 Å². The number of sulfonamides is 1. The van der Waals surface area contributed by atoms with Gasteiger partial charge < -0.3 is 5.32 Å². The smallest absolute Gasteiger partial charge is 0.261 e. The molecular weight excluding hydrogens is 365 g/mol. The number of nitrogens with zero attached hydrogens (tertiary/aromatic N) is 1. The van der Waals surface area contributed by atoms with Crippen molar-refractivity contribution in [3.8, 4) is 6.07 Å². The lowest BCUT2D eigenvalue weighted by atomic mass is 10.2. The van der Waals surface area contributed by atoms with Crippen LogP contribution in [-0.4, -0.2) is 8.42 Å². The molecule has 3 aromatic rings. The number of aryl methyl sites for hydroxylation is 1. The molecule has 0 spiro atoms. The third kappa shape index (κ3) is 4.43. The largest absolute Gasteiger partial charge is 0.355 e. The SMILES string of the molecule is Cc1cc(S(=O)(=O)Nc2ccc(Nc3cccc(C#N)c3)cc2)ccc1F. The number of nitrogens with one attached hydrogen (secondary N) is 2. The maximum atomic E-state index is 13.3. The molecule has 2 N–H and O–H groups in total. The van der Waals surface area contributed by atoms with Crippen LogP contribution < -0.4 is 10.0 Å². The monoisotopic (exact) mass is 381 g/mol. The second-order valence-electron chi connectivity index (χ2n) is 5.91. The first-order valence-corrected chi connectivity index (χ1v) is 9.52. The number of halogens is 1. The van der Waals surface area contributed by atoms with Crippen molar-refractivity contribution < 1.29 is 12.8 Å². The Balaban J connectivity index is 1.75. The summed E-state index contributed by atoms with van der Waals surface area (Å²) in [6.45, 7) is 1.51. The normalized spacial score (nSPS) is 10.9. The van der Waals surface area contributed by atoms with Crippen LogP contribution in [-0.2, 0) is 10.0 Å². The standard InChI is InChI=1S/C20H16FN3O2S/c1-14-11-19(9-10-20(14)21)27(25,26)24-17-7-5-16(6-8-17)23-18-4-2-3-15(12-18)13-22/h2-12,23-24H,1H3. The second kappa shape index (κ2) is 7.48. The molecule has 7 heteroatoms. The Labute approximate surface area is 157 Å². The van der Waals surface area contributed by atoms with E-state index in [1.807, 2.05) is 6.07 Å². The Hall–Kier alpha value is -3.37. The zero-order valence-electron chi connectivity index (χ0n) is 14.4. The van der Waals surface area contributed by atoms with Gasteiger partial charge in [-0.05, 0) is 73.2 Å². The molecule has 0 aliphatic rings. The minimum absolute atomic E-state index is 0.00285. The van der Waals surface area contributed by atoms with Crippen molar-refractivity contribution in [2.75, 3.05) is 10.0 Å². The van der Waals surface area contributed by atoms with Crippen LogP contribution in [0.4, 0.5) is 21.5 Å². The molecule has 0 radical (unpaired) electrons. The molecule has 0 amide bonds. The summed E-state index contributed by atoms with van der Waals surface area (Å²) < 4.78 is 40.7. The molecule has 0 fully saturated rings. The van der Waals surface area contributed by atoms with E-state index in [9.17, 15) is 12.8 Å². The first-order valence-electron chi connectivity index (χ1n) is 8.03. The van der Waals surface area contributed by atoms with Gasteiger partial charge in [0.15, 0.2) is 0 Å². The van der Waals surface area contributed by atoms with E-state index in [1.165, 1.54) is 19.1 Å². The fraction of sp³-hybridized carbons (Fsp3) is 0.0500. The van der Waals surface area contributed by atoms with Gasteiger partial charge in [-0.3, -0.25) is 4.72 Å². The summed E-state index contributed by atoms with van der Waals surface area (Å²) in [6, 6.07) is 19.4. The van der Waals surface area contributed by atoms with Crippen molar-refractivity contribution in [3.63, 3.8) is 0 Å². The van der Waals surface area contributed by atoms with Crippen molar-refractivity contribution in [2.24, 2.45) is 0 Å². The van der Waals surface area contributed by atoms with E-state index < -0.39 is 15.8 Å². The highest BCUT2D eigenvalue weighted by Crippen LogP contribution is 2.22. The maximum absolute atomic E-state index is 13.3. The van der Waals surface area contributed by atoms with Crippen LogP contribution in [0.1, 0.15) is 11.1 Å². The molecule has 0 bridgehead atoms. The molecule has 3 aromatic carbocycles. The van der Waals surface area contributed by atoms with Crippen molar-refractivity contribution >= 4 is 27.1 Å². The van der Waals surface area contributed by atoms with Gasteiger partial charge in [-0.25, -0.2) is 12.8 Å². The van der Waals surface area contributed by atoms with E-state index in [1.54, 1.807) is 42.5 Å². The van der Waals surface area contributed by atoms with Crippen molar-refractivity contribution in [1.29, 1.82) is 5.26 Å². The summed E-state index contributed by atoms with van der Waals surface area (Å²) in [4.78, 5) is -0.00285. The van der Waals surface area contributed by atoms with Crippen molar-refractivity contribution in [3.05, 3.63) is 83.7 Å². The summed E-state index contributed by atoms with van der Waals surface area (Å²) in [5, 5.41) is 12.1. The average Bonchev–Trinajstić information content (AvgIpc) is 2.65. The lowest BCUT2D eigenvalue weighted by molar-refractivity contribution is 0.598. The average molecular weight is 381 g/mol. The van der Waals surface area contributed by atoms with Gasteiger partial charge in [0.25, 0.3) is 10.0 Å². The van der Waals surface area contributed by atoms with Gasteiger partial charge in [-0.15, -0.1) is 0 Å². The highest BCUT2D eigenvalue weighted by molar-refractivity contribution is 7.92. The van der Waals surface area contributed by atoms with E-state index in [0.29, 0.717) is 11.3 Å². The van der Waals surface area contributed by atoms with E-state index in [0.717, 1.165) is 17.4 Å². The van der Waals surface area contributed by atoms with Gasteiger partial charge in [0, 0.05) is 17.1 Å². The number of nitriles is 1. The van der Waals surface area contributed by atoms with Gasteiger partial charge in [-0.1, -0.05) is 6.07 Å². The zero-order valence-corrected chi connectivity index (χ0v) is 15.2. The molecule has 136 valence electrons. The van der Waals surface area contributed by atoms with Crippen LogP contribution in [0.25, 0.3) is 0 Å². The Kier molecular flexibility index (Phi) is 5.10. The van der Waals surface area contributed by atoms with Crippen LogP contribution in [0.3, 0.4) is 0 Å². The van der Waals surface area contributed by atoms with Gasteiger partial charge in [-0.2, -0.15) is 5.26 Å². The van der Waals surface area contributed by atoms with E-state index in [2.05, 4.69) is 16.1 Å². The molecule has 0 atom stereocenters. The molecule has 0 heterocycles. The third-order valence-electron chi connectivity index (χ3n) is 3.86. The highest BCUT2D eigenvalue weighted by Gasteiger charge is 2.15. The molecule has 5 nitrogen and oxygen atoms in total. The van der Waals surface area contributed by atoms with E-state index >= 15 is 0 Å². The maximum Gasteiger partial charge on any atom is 0.261 e. The Morgan fingerprint density at radius 2 is 1.63 bits per heavy atom. The number of rotatable bonds is 5. The van der Waals surface area contributed by atoms with Crippen LogP contribution in [0.15, 0.2) is 71.6 Å². The number of benzene rings is 3. The van der Waals surface area contributed by atoms with Crippen molar-refractivity contribution in [1.82, 2.24) is 0 Å². The Morgan fingerprint density at radius 3 is 2.30 bits per heavy atom. The molecule has 0 aliphatic heterocycles. The first kappa shape index (κ1) is 18.4. The van der Waals surface area contributed by atoms with Crippen LogP contribution in [0.5, 0.6) is 0 Å². The molecule has 0 saturated carbocycles. The molecule has 0 unspecified atom stereocenters. The van der Waals surface area contributed by atoms with E-state index in [-0.39, 0.29) is 10.5 Å². The third-order valence-corrected chi connectivity index (χ3v) is 5.24. The summed E-state index contributed by atoms with van der Waals surface area (Å²) in [5.41, 5.74) is 2.68. The molecule has 27 heavy (non-hydrogen) atoms. The fourth-order valence-corrected chi connectivity index (χ4v) is 3.60. The predicted octanol–water partition coefficient (Wildman–Crippen LogP) is 4.55. The summed E-state index contributed by atoms with van der Waals surface area (Å²) in [7, 11) is -3.81. The van der Waals surface area contributed by atoms with Gasteiger partial charge in [0.1, 0.15) is 5.82 Å². The Bertz CT molecular complexity index is 1120. The molecule has 0 aromatic heterocycles. The minimum atomic E-state index is -3.81. The lowest BCUT2D eigenvalue weighted by Gasteiger charge is -2.11. The van der Waals surface area contributed by atoms with Gasteiger partial charge in [0.05, 0.1) is 16.5 Å². The molecule has 0 aliphatic carbocycles.